The number of aliphatic hydroxyl groups is 1. The molecule has 0 aliphatic heterocycles. The highest BCUT2D eigenvalue weighted by Gasteiger charge is 2.77. The number of fused-ring (bicyclic) bond motifs is 3. The Balaban J connectivity index is 1.83. The third-order valence-corrected chi connectivity index (χ3v) is 8.39. The monoisotopic (exact) mass is 376 g/mol. The number of aliphatic hydroxyl groups excluding tert-OH is 1. The van der Waals surface area contributed by atoms with E-state index >= 15 is 0 Å². The Labute approximate surface area is 161 Å². The van der Waals surface area contributed by atoms with Gasteiger partial charge in [0.05, 0.1) is 12.2 Å². The highest BCUT2D eigenvalue weighted by atomic mass is 16.6. The van der Waals surface area contributed by atoms with Crippen LogP contribution in [0.5, 0.6) is 0 Å². The molecule has 4 saturated carbocycles. The standard InChI is InChI=1S/C22H32O5/c1-4-15-16-10-12-22(15,19(25)14-7-5-8-17(14)24)20(27-13(2)23)21(16)11-6-9-18(21)26-3/h4,14-16,18-20,25H,1,5-12H2,2-3H3/t14-,15-,16+,18-,19-,20+,21-,22-/m0/s1. The normalized spacial score (nSPS) is 46.9. The molecule has 0 unspecified atom stereocenters. The average Bonchev–Trinajstić information content (AvgIpc) is 3.37. The number of ketones is 1. The maximum atomic E-state index is 12.5. The third-order valence-electron chi connectivity index (χ3n) is 8.39. The molecule has 0 heterocycles. The van der Waals surface area contributed by atoms with E-state index in [0.717, 1.165) is 44.9 Å². The minimum absolute atomic E-state index is 0.0166. The lowest BCUT2D eigenvalue weighted by molar-refractivity contribution is -0.192. The molecule has 4 aliphatic rings. The van der Waals surface area contributed by atoms with Gasteiger partial charge in [-0.1, -0.05) is 12.5 Å². The fourth-order valence-electron chi connectivity index (χ4n) is 7.64. The van der Waals surface area contributed by atoms with Crippen LogP contribution in [0, 0.1) is 28.6 Å². The van der Waals surface area contributed by atoms with Gasteiger partial charge >= 0.3 is 5.97 Å². The van der Waals surface area contributed by atoms with Gasteiger partial charge in [-0.15, -0.1) is 6.58 Å². The van der Waals surface area contributed by atoms with Crippen LogP contribution in [0.25, 0.3) is 0 Å². The minimum Gasteiger partial charge on any atom is -0.461 e. The topological polar surface area (TPSA) is 72.8 Å². The Bertz CT molecular complexity index is 645. The molecule has 5 nitrogen and oxygen atoms in total. The average molecular weight is 376 g/mol. The van der Waals surface area contributed by atoms with E-state index in [2.05, 4.69) is 6.58 Å². The molecule has 4 aliphatic carbocycles. The van der Waals surface area contributed by atoms with E-state index in [9.17, 15) is 14.7 Å². The van der Waals surface area contributed by atoms with E-state index in [0.29, 0.717) is 6.42 Å². The molecular formula is C22H32O5. The Hall–Kier alpha value is -1.20. The van der Waals surface area contributed by atoms with E-state index in [4.69, 9.17) is 9.47 Å². The summed E-state index contributed by atoms with van der Waals surface area (Å²) in [4.78, 5) is 24.6. The molecule has 1 spiro atoms. The van der Waals surface area contributed by atoms with Gasteiger partial charge in [0, 0.05) is 37.2 Å². The minimum atomic E-state index is -0.790. The van der Waals surface area contributed by atoms with Gasteiger partial charge in [-0.2, -0.15) is 0 Å². The predicted octanol–water partition coefficient (Wildman–Crippen LogP) is 3.05. The Kier molecular flexibility index (Phi) is 4.75. The van der Waals surface area contributed by atoms with Crippen molar-refractivity contribution in [1.29, 1.82) is 0 Å². The van der Waals surface area contributed by atoms with Gasteiger partial charge in [0.15, 0.2) is 0 Å². The molecule has 0 radical (unpaired) electrons. The zero-order valence-corrected chi connectivity index (χ0v) is 16.5. The summed E-state index contributed by atoms with van der Waals surface area (Å²) < 4.78 is 11.9. The summed E-state index contributed by atoms with van der Waals surface area (Å²) >= 11 is 0. The Morgan fingerprint density at radius 1 is 1.30 bits per heavy atom. The first-order valence-corrected chi connectivity index (χ1v) is 10.5. The van der Waals surface area contributed by atoms with Crippen molar-refractivity contribution in [1.82, 2.24) is 0 Å². The number of ether oxygens (including phenoxy) is 2. The van der Waals surface area contributed by atoms with Crippen LogP contribution in [-0.2, 0) is 19.1 Å². The van der Waals surface area contributed by atoms with Crippen molar-refractivity contribution in [3.8, 4) is 0 Å². The molecular weight excluding hydrogens is 344 g/mol. The first-order valence-electron chi connectivity index (χ1n) is 10.5. The fraction of sp³-hybridized carbons (Fsp3) is 0.818. The van der Waals surface area contributed by atoms with E-state index in [-0.39, 0.29) is 41.0 Å². The number of rotatable bonds is 5. The Morgan fingerprint density at radius 3 is 2.67 bits per heavy atom. The molecule has 2 bridgehead atoms. The van der Waals surface area contributed by atoms with Crippen molar-refractivity contribution in [3.05, 3.63) is 12.7 Å². The number of carbonyl (C=O) groups is 2. The summed E-state index contributed by atoms with van der Waals surface area (Å²) in [6.07, 6.45) is 7.53. The second-order valence-corrected chi connectivity index (χ2v) is 9.15. The van der Waals surface area contributed by atoms with Gasteiger partial charge in [-0.05, 0) is 50.4 Å². The summed E-state index contributed by atoms with van der Waals surface area (Å²) in [5, 5.41) is 11.6. The largest absolute Gasteiger partial charge is 0.461 e. The van der Waals surface area contributed by atoms with Crippen LogP contribution in [0.4, 0.5) is 0 Å². The van der Waals surface area contributed by atoms with Gasteiger partial charge in [0.1, 0.15) is 11.9 Å². The van der Waals surface area contributed by atoms with Crippen LogP contribution in [0.1, 0.15) is 58.3 Å². The van der Waals surface area contributed by atoms with Crippen molar-refractivity contribution in [2.45, 2.75) is 76.6 Å². The van der Waals surface area contributed by atoms with Crippen molar-refractivity contribution < 1.29 is 24.2 Å². The molecule has 1 N–H and O–H groups in total. The summed E-state index contributed by atoms with van der Waals surface area (Å²) in [6, 6.07) is 0. The van der Waals surface area contributed by atoms with Crippen LogP contribution in [-0.4, -0.2) is 42.3 Å². The molecule has 4 rings (SSSR count). The fourth-order valence-corrected chi connectivity index (χ4v) is 7.64. The number of hydrogen-bond donors (Lipinski definition) is 1. The van der Waals surface area contributed by atoms with E-state index < -0.39 is 17.6 Å². The van der Waals surface area contributed by atoms with Gasteiger partial charge in [-0.3, -0.25) is 9.59 Å². The maximum Gasteiger partial charge on any atom is 0.302 e. The predicted molar refractivity (Wildman–Crippen MR) is 99.8 cm³/mol. The lowest BCUT2D eigenvalue weighted by Gasteiger charge is -2.49. The molecule has 27 heavy (non-hydrogen) atoms. The van der Waals surface area contributed by atoms with Gasteiger partial charge in [0.25, 0.3) is 0 Å². The summed E-state index contributed by atoms with van der Waals surface area (Å²) in [6.45, 7) is 5.54. The van der Waals surface area contributed by atoms with Crippen LogP contribution < -0.4 is 0 Å². The molecule has 4 fully saturated rings. The smallest absolute Gasteiger partial charge is 0.302 e. The van der Waals surface area contributed by atoms with Crippen molar-refractivity contribution in [2.24, 2.45) is 28.6 Å². The SMILES string of the molecule is C=C[C@H]1[C@H]2CC[C@]1([C@@H](O)[C@H]1CCCC1=O)[C@H](OC(C)=O)[C@@]21CCC[C@@H]1OC. The molecule has 0 aromatic rings. The Morgan fingerprint density at radius 2 is 2.07 bits per heavy atom. The second-order valence-electron chi connectivity index (χ2n) is 9.15. The molecule has 0 aromatic carbocycles. The van der Waals surface area contributed by atoms with E-state index in [1.165, 1.54) is 6.92 Å². The van der Waals surface area contributed by atoms with E-state index in [1.54, 1.807) is 7.11 Å². The van der Waals surface area contributed by atoms with Crippen molar-refractivity contribution in [3.63, 3.8) is 0 Å². The maximum absolute atomic E-state index is 12.5. The van der Waals surface area contributed by atoms with Gasteiger partial charge in [0.2, 0.25) is 0 Å². The summed E-state index contributed by atoms with van der Waals surface area (Å²) in [7, 11) is 1.74. The molecule has 5 heteroatoms. The van der Waals surface area contributed by atoms with Crippen LogP contribution >= 0.6 is 0 Å². The van der Waals surface area contributed by atoms with Crippen LogP contribution in [0.3, 0.4) is 0 Å². The van der Waals surface area contributed by atoms with Crippen molar-refractivity contribution in [2.75, 3.05) is 7.11 Å². The summed E-state index contributed by atoms with van der Waals surface area (Å²) in [5.41, 5.74) is -0.899. The third kappa shape index (κ3) is 2.37. The lowest BCUT2D eigenvalue weighted by Crippen LogP contribution is -2.57. The van der Waals surface area contributed by atoms with Gasteiger partial charge < -0.3 is 14.6 Å². The number of allylic oxidation sites excluding steroid dienone is 1. The van der Waals surface area contributed by atoms with Crippen LogP contribution in [0.15, 0.2) is 12.7 Å². The summed E-state index contributed by atoms with van der Waals surface area (Å²) in [5.74, 6) is -0.193. The van der Waals surface area contributed by atoms with Crippen molar-refractivity contribution >= 4 is 11.8 Å². The zero-order chi connectivity index (χ0) is 19.4. The number of esters is 1. The first-order chi connectivity index (χ1) is 12.9. The molecule has 150 valence electrons. The number of carbonyl (C=O) groups excluding carboxylic acids is 2. The second kappa shape index (κ2) is 6.70. The number of hydrogen-bond acceptors (Lipinski definition) is 5. The molecule has 8 atom stereocenters. The lowest BCUT2D eigenvalue weighted by atomic mass is 9.61. The van der Waals surface area contributed by atoms with Crippen LogP contribution in [0.2, 0.25) is 0 Å². The molecule has 0 aromatic heterocycles. The highest BCUT2D eigenvalue weighted by Crippen LogP contribution is 2.73. The quantitative estimate of drug-likeness (QED) is 0.590. The highest BCUT2D eigenvalue weighted by molar-refractivity contribution is 5.83. The van der Waals surface area contributed by atoms with Gasteiger partial charge in [-0.25, -0.2) is 0 Å². The number of Topliss-reactive ketones (excluding diaryl/α,β-unsaturated/α-hetero) is 1. The number of methoxy groups -OCH3 is 1. The first kappa shape index (κ1) is 19.1. The molecule has 0 saturated heterocycles. The zero-order valence-electron chi connectivity index (χ0n) is 16.5. The van der Waals surface area contributed by atoms with E-state index in [1.807, 2.05) is 6.08 Å². The molecule has 0 amide bonds.